The molecule has 0 unspecified atom stereocenters. The first-order chi connectivity index (χ1) is 10.0. The minimum atomic E-state index is -0.796. The van der Waals surface area contributed by atoms with Crippen LogP contribution in [-0.2, 0) is 0 Å². The van der Waals surface area contributed by atoms with Crippen LogP contribution >= 0.6 is 0 Å². The van der Waals surface area contributed by atoms with E-state index in [0.717, 1.165) is 5.56 Å². The van der Waals surface area contributed by atoms with Crippen molar-refractivity contribution in [1.29, 1.82) is 0 Å². The minimum Gasteiger partial charge on any atom is -0.501 e. The van der Waals surface area contributed by atoms with Gasteiger partial charge in [0.15, 0.2) is 5.69 Å². The van der Waals surface area contributed by atoms with Gasteiger partial charge in [-0.15, -0.1) is 0 Å². The number of hydrogen-bond donors (Lipinski definition) is 4. The summed E-state index contributed by atoms with van der Waals surface area (Å²) in [6.45, 7) is 1.64. The molecular weight excluding hydrogens is 274 g/mol. The lowest BCUT2D eigenvalue weighted by atomic mass is 10.1. The summed E-state index contributed by atoms with van der Waals surface area (Å²) in [4.78, 5) is 30.0. The second kappa shape index (κ2) is 6.19. The van der Waals surface area contributed by atoms with E-state index in [1.54, 1.807) is 18.2 Å². The highest BCUT2D eigenvalue weighted by molar-refractivity contribution is 5.95. The predicted molar refractivity (Wildman–Crippen MR) is 76.1 cm³/mol. The van der Waals surface area contributed by atoms with Gasteiger partial charge >= 0.3 is 0 Å². The van der Waals surface area contributed by atoms with Crippen LogP contribution in [0.3, 0.4) is 0 Å². The van der Waals surface area contributed by atoms with E-state index in [1.807, 2.05) is 13.0 Å². The fourth-order valence-corrected chi connectivity index (χ4v) is 1.81. The van der Waals surface area contributed by atoms with Crippen molar-refractivity contribution in [3.05, 3.63) is 45.9 Å². The number of aryl methyl sites for hydroxylation is 1. The van der Waals surface area contributed by atoms with E-state index in [1.165, 1.54) is 0 Å². The standard InChI is InChI=1S/C14H15N3O4/c1-8-3-2-4-9(7-8)12-16-10(11(19)14(21)17-12)13(20)15-5-6-18/h2-4,7,18-19H,5-6H2,1H3,(H,15,20)(H,16,17,21). The third-order valence-electron chi connectivity index (χ3n) is 2.80. The van der Waals surface area contributed by atoms with Gasteiger partial charge in [-0.25, -0.2) is 4.98 Å². The number of H-pyrrole nitrogens is 1. The lowest BCUT2D eigenvalue weighted by molar-refractivity contribution is 0.0936. The number of rotatable bonds is 4. The third-order valence-corrected chi connectivity index (χ3v) is 2.80. The highest BCUT2D eigenvalue weighted by atomic mass is 16.3. The molecule has 0 radical (unpaired) electrons. The zero-order valence-corrected chi connectivity index (χ0v) is 11.4. The van der Waals surface area contributed by atoms with E-state index >= 15 is 0 Å². The number of aliphatic hydroxyl groups excluding tert-OH is 1. The first-order valence-electron chi connectivity index (χ1n) is 6.32. The van der Waals surface area contributed by atoms with Crippen LogP contribution in [0.25, 0.3) is 11.4 Å². The number of aromatic nitrogens is 2. The normalized spacial score (nSPS) is 10.4. The molecule has 7 heteroatoms. The number of benzene rings is 1. The van der Waals surface area contributed by atoms with Gasteiger partial charge in [-0.1, -0.05) is 23.8 Å². The van der Waals surface area contributed by atoms with Crippen LogP contribution in [0.15, 0.2) is 29.1 Å². The second-order valence-electron chi connectivity index (χ2n) is 4.46. The molecule has 110 valence electrons. The smallest absolute Gasteiger partial charge is 0.294 e. The molecule has 0 saturated carbocycles. The molecule has 2 rings (SSSR count). The van der Waals surface area contributed by atoms with Gasteiger partial charge in [-0.2, -0.15) is 0 Å². The second-order valence-corrected chi connectivity index (χ2v) is 4.46. The van der Waals surface area contributed by atoms with Crippen molar-refractivity contribution >= 4 is 5.91 Å². The van der Waals surface area contributed by atoms with Gasteiger partial charge in [0.25, 0.3) is 11.5 Å². The average molecular weight is 289 g/mol. The van der Waals surface area contributed by atoms with Crippen LogP contribution in [-0.4, -0.2) is 39.2 Å². The van der Waals surface area contributed by atoms with Crippen LogP contribution in [0.4, 0.5) is 0 Å². The first-order valence-corrected chi connectivity index (χ1v) is 6.32. The summed E-state index contributed by atoms with van der Waals surface area (Å²) in [6, 6.07) is 7.21. The number of aliphatic hydroxyl groups is 1. The first kappa shape index (κ1) is 14.7. The van der Waals surface area contributed by atoms with E-state index < -0.39 is 17.2 Å². The summed E-state index contributed by atoms with van der Waals surface area (Å²) < 4.78 is 0. The maximum atomic E-state index is 11.8. The Morgan fingerprint density at radius 2 is 2.19 bits per heavy atom. The monoisotopic (exact) mass is 289 g/mol. The molecule has 0 aliphatic carbocycles. The van der Waals surface area contributed by atoms with Crippen LogP contribution in [0.1, 0.15) is 16.1 Å². The number of hydrogen-bond acceptors (Lipinski definition) is 5. The molecule has 7 nitrogen and oxygen atoms in total. The zero-order valence-electron chi connectivity index (χ0n) is 11.4. The van der Waals surface area contributed by atoms with Crippen molar-refractivity contribution in [2.45, 2.75) is 6.92 Å². The molecule has 21 heavy (non-hydrogen) atoms. The molecule has 1 heterocycles. The summed E-state index contributed by atoms with van der Waals surface area (Å²) in [5.74, 6) is -1.28. The van der Waals surface area contributed by atoms with Gasteiger partial charge < -0.3 is 20.5 Å². The maximum Gasteiger partial charge on any atom is 0.294 e. The Morgan fingerprint density at radius 3 is 2.86 bits per heavy atom. The molecule has 1 amide bonds. The molecule has 2 aromatic rings. The van der Waals surface area contributed by atoms with Crippen molar-refractivity contribution in [3.63, 3.8) is 0 Å². The molecule has 1 aromatic carbocycles. The predicted octanol–water partition coefficient (Wildman–Crippen LogP) is 0.173. The molecule has 1 aromatic heterocycles. The van der Waals surface area contributed by atoms with Gasteiger partial charge in [0.05, 0.1) is 6.61 Å². The van der Waals surface area contributed by atoms with E-state index in [0.29, 0.717) is 5.56 Å². The van der Waals surface area contributed by atoms with Gasteiger partial charge in [0.1, 0.15) is 5.82 Å². The number of aromatic hydroxyl groups is 1. The van der Waals surface area contributed by atoms with Crippen molar-refractivity contribution in [2.75, 3.05) is 13.2 Å². The van der Waals surface area contributed by atoms with E-state index in [-0.39, 0.29) is 24.7 Å². The lowest BCUT2D eigenvalue weighted by Gasteiger charge is -2.07. The van der Waals surface area contributed by atoms with Gasteiger partial charge in [0.2, 0.25) is 5.75 Å². The number of carbonyl (C=O) groups is 1. The van der Waals surface area contributed by atoms with Crippen LogP contribution in [0.5, 0.6) is 5.75 Å². The number of carbonyl (C=O) groups excluding carboxylic acids is 1. The Morgan fingerprint density at radius 1 is 1.43 bits per heavy atom. The Kier molecular flexibility index (Phi) is 4.34. The summed E-state index contributed by atoms with van der Waals surface area (Å²) in [7, 11) is 0. The quantitative estimate of drug-likeness (QED) is 0.640. The molecule has 0 aliphatic heterocycles. The van der Waals surface area contributed by atoms with Gasteiger partial charge in [-0.05, 0) is 13.0 Å². The van der Waals surface area contributed by atoms with E-state index in [2.05, 4.69) is 15.3 Å². The third kappa shape index (κ3) is 3.26. The highest BCUT2D eigenvalue weighted by Crippen LogP contribution is 2.18. The summed E-state index contributed by atoms with van der Waals surface area (Å²) in [5, 5.41) is 20.7. The van der Waals surface area contributed by atoms with E-state index in [4.69, 9.17) is 5.11 Å². The topological polar surface area (TPSA) is 115 Å². The Bertz CT molecular complexity index is 724. The fraction of sp³-hybridized carbons (Fsp3) is 0.214. The number of nitrogens with one attached hydrogen (secondary N) is 2. The van der Waals surface area contributed by atoms with Crippen molar-refractivity contribution in [2.24, 2.45) is 0 Å². The number of nitrogens with zero attached hydrogens (tertiary/aromatic N) is 1. The summed E-state index contributed by atoms with van der Waals surface area (Å²) >= 11 is 0. The minimum absolute atomic E-state index is 0.00648. The van der Waals surface area contributed by atoms with E-state index in [9.17, 15) is 14.7 Å². The molecule has 0 fully saturated rings. The highest BCUT2D eigenvalue weighted by Gasteiger charge is 2.18. The van der Waals surface area contributed by atoms with Crippen LogP contribution in [0, 0.1) is 6.92 Å². The lowest BCUT2D eigenvalue weighted by Crippen LogP contribution is -2.29. The van der Waals surface area contributed by atoms with Crippen molar-refractivity contribution < 1.29 is 15.0 Å². The van der Waals surface area contributed by atoms with Gasteiger partial charge in [-0.3, -0.25) is 9.59 Å². The Balaban J connectivity index is 2.48. The summed E-state index contributed by atoms with van der Waals surface area (Å²) in [6.07, 6.45) is 0. The molecule has 0 aliphatic rings. The molecule has 0 atom stereocenters. The van der Waals surface area contributed by atoms with Crippen LogP contribution < -0.4 is 10.9 Å². The fourth-order valence-electron chi connectivity index (χ4n) is 1.81. The SMILES string of the molecule is Cc1cccc(-c2nc(C(=O)NCCO)c(O)c(=O)[nH]2)c1. The molecule has 0 saturated heterocycles. The number of amides is 1. The molecular formula is C14H15N3O4. The number of aromatic amines is 1. The summed E-state index contributed by atoms with van der Waals surface area (Å²) in [5.41, 5.74) is 0.428. The average Bonchev–Trinajstić information content (AvgIpc) is 2.47. The molecule has 0 spiro atoms. The van der Waals surface area contributed by atoms with Crippen molar-refractivity contribution in [1.82, 2.24) is 15.3 Å². The zero-order chi connectivity index (χ0) is 15.4. The van der Waals surface area contributed by atoms with Crippen molar-refractivity contribution in [3.8, 4) is 17.1 Å². The Hall–Kier alpha value is -2.67. The molecule has 4 N–H and O–H groups in total. The Labute approximate surface area is 120 Å². The largest absolute Gasteiger partial charge is 0.501 e. The van der Waals surface area contributed by atoms with Crippen LogP contribution in [0.2, 0.25) is 0 Å². The maximum absolute atomic E-state index is 11.8. The molecule has 0 bridgehead atoms. The van der Waals surface area contributed by atoms with Gasteiger partial charge in [0, 0.05) is 12.1 Å².